The van der Waals surface area contributed by atoms with Crippen LogP contribution in [0.25, 0.3) is 0 Å². The summed E-state index contributed by atoms with van der Waals surface area (Å²) in [6.07, 6.45) is 0.866. The summed E-state index contributed by atoms with van der Waals surface area (Å²) in [5.41, 5.74) is 0.342. The van der Waals surface area contributed by atoms with Crippen molar-refractivity contribution in [1.82, 2.24) is 4.98 Å². The van der Waals surface area contributed by atoms with Crippen LogP contribution in [-0.4, -0.2) is 16.1 Å². The molecule has 0 radical (unpaired) electrons. The molecular weight excluding hydrogens is 254 g/mol. The molecule has 0 aliphatic rings. The number of pyridine rings is 1. The number of nitrogens with zero attached hydrogens (tertiary/aromatic N) is 1. The highest BCUT2D eigenvalue weighted by Gasteiger charge is 2.15. The minimum Gasteiger partial charge on any atom is -0.478 e. The van der Waals surface area contributed by atoms with Gasteiger partial charge in [-0.2, -0.15) is 0 Å². The van der Waals surface area contributed by atoms with E-state index in [1.807, 2.05) is 0 Å². The van der Waals surface area contributed by atoms with Gasteiger partial charge in [0.2, 0.25) is 0 Å². The number of aryl methyl sites for hydroxylation is 1. The highest BCUT2D eigenvalue weighted by molar-refractivity contribution is 5.94. The quantitative estimate of drug-likeness (QED) is 0.894. The monoisotopic (exact) mass is 264 g/mol. The Morgan fingerprint density at radius 2 is 2.11 bits per heavy atom. The summed E-state index contributed by atoms with van der Waals surface area (Å²) < 4.78 is 26.6. The first kappa shape index (κ1) is 12.9. The molecule has 1 heterocycles. The molecule has 1 aromatic carbocycles. The number of carbonyl (C=O) groups is 1. The molecule has 0 atom stereocenters. The maximum atomic E-state index is 13.6. The summed E-state index contributed by atoms with van der Waals surface area (Å²) in [6.45, 7) is 1.66. The molecule has 0 aliphatic carbocycles. The Labute approximate surface area is 107 Å². The minimum atomic E-state index is -1.34. The van der Waals surface area contributed by atoms with Gasteiger partial charge in [-0.1, -0.05) is 12.1 Å². The van der Waals surface area contributed by atoms with Crippen LogP contribution >= 0.6 is 0 Å². The smallest absolute Gasteiger partial charge is 0.339 e. The number of hydrogen-bond donors (Lipinski definition) is 2. The van der Waals surface area contributed by atoms with E-state index in [2.05, 4.69) is 10.3 Å². The van der Waals surface area contributed by atoms with Crippen LogP contribution < -0.4 is 5.32 Å². The van der Waals surface area contributed by atoms with Gasteiger partial charge in [-0.3, -0.25) is 0 Å². The Bertz CT molecular complexity index is 624. The van der Waals surface area contributed by atoms with Gasteiger partial charge < -0.3 is 10.4 Å². The lowest BCUT2D eigenvalue weighted by atomic mass is 10.2. The molecule has 0 saturated carbocycles. The lowest BCUT2D eigenvalue weighted by molar-refractivity contribution is 0.0697. The number of nitrogens with one attached hydrogen (secondary N) is 1. The molecule has 0 bridgehead atoms. The predicted molar refractivity (Wildman–Crippen MR) is 65.6 cm³/mol. The number of aromatic carboxylic acids is 1. The highest BCUT2D eigenvalue weighted by atomic mass is 19.1. The Hall–Kier alpha value is -2.50. The standard InChI is InChI=1S/C13H10F2N2O2/c1-7-3-2-4-10(15)11(7)17-12-9(13(18)19)5-8(14)6-16-12/h2-6H,1H3,(H,16,17)(H,18,19). The van der Waals surface area contributed by atoms with Gasteiger partial charge in [-0.25, -0.2) is 18.6 Å². The number of hydrogen-bond acceptors (Lipinski definition) is 3. The number of carboxylic acid groups (broad SMARTS) is 1. The number of carboxylic acids is 1. The summed E-state index contributed by atoms with van der Waals surface area (Å²) in [4.78, 5) is 14.6. The van der Waals surface area contributed by atoms with Crippen molar-refractivity contribution in [3.63, 3.8) is 0 Å². The molecule has 19 heavy (non-hydrogen) atoms. The first-order chi connectivity index (χ1) is 8.99. The fourth-order valence-corrected chi connectivity index (χ4v) is 1.61. The second-order valence-electron chi connectivity index (χ2n) is 3.91. The summed E-state index contributed by atoms with van der Waals surface area (Å²) >= 11 is 0. The van der Waals surface area contributed by atoms with E-state index in [1.165, 1.54) is 12.1 Å². The molecule has 0 unspecified atom stereocenters. The average molecular weight is 264 g/mol. The van der Waals surface area contributed by atoms with Gasteiger partial charge in [0.1, 0.15) is 23.0 Å². The van der Waals surface area contributed by atoms with E-state index < -0.39 is 17.6 Å². The average Bonchev–Trinajstić information content (AvgIpc) is 2.35. The first-order valence-corrected chi connectivity index (χ1v) is 5.40. The fraction of sp³-hybridized carbons (Fsp3) is 0.0769. The zero-order valence-corrected chi connectivity index (χ0v) is 9.95. The van der Waals surface area contributed by atoms with Crippen LogP contribution in [0, 0.1) is 18.6 Å². The van der Waals surface area contributed by atoms with Crippen molar-refractivity contribution in [2.75, 3.05) is 5.32 Å². The zero-order chi connectivity index (χ0) is 14.0. The fourth-order valence-electron chi connectivity index (χ4n) is 1.61. The molecule has 2 N–H and O–H groups in total. The summed E-state index contributed by atoms with van der Waals surface area (Å²) in [6, 6.07) is 5.26. The molecular formula is C13H10F2N2O2. The van der Waals surface area contributed by atoms with Crippen molar-refractivity contribution in [2.24, 2.45) is 0 Å². The zero-order valence-electron chi connectivity index (χ0n) is 9.95. The van der Waals surface area contributed by atoms with Crippen molar-refractivity contribution in [2.45, 2.75) is 6.92 Å². The van der Waals surface area contributed by atoms with Crippen LogP contribution in [0.1, 0.15) is 15.9 Å². The van der Waals surface area contributed by atoms with E-state index in [1.54, 1.807) is 13.0 Å². The maximum absolute atomic E-state index is 13.6. The Balaban J connectivity index is 2.47. The number of halogens is 2. The van der Waals surface area contributed by atoms with Crippen LogP contribution in [0.5, 0.6) is 0 Å². The molecule has 1 aromatic heterocycles. The number of benzene rings is 1. The Kier molecular flexibility index (Phi) is 3.41. The summed E-state index contributed by atoms with van der Waals surface area (Å²) in [5.74, 6) is -2.76. The topological polar surface area (TPSA) is 62.2 Å². The third-order valence-electron chi connectivity index (χ3n) is 2.55. The van der Waals surface area contributed by atoms with Crippen LogP contribution in [0.3, 0.4) is 0 Å². The maximum Gasteiger partial charge on any atom is 0.339 e. The van der Waals surface area contributed by atoms with Crippen LogP contribution in [0.2, 0.25) is 0 Å². The molecule has 6 heteroatoms. The summed E-state index contributed by atoms with van der Waals surface area (Å²) in [5, 5.41) is 11.6. The van der Waals surface area contributed by atoms with Gasteiger partial charge in [0.15, 0.2) is 0 Å². The molecule has 0 saturated heterocycles. The van der Waals surface area contributed by atoms with Crippen LogP contribution in [-0.2, 0) is 0 Å². The van der Waals surface area contributed by atoms with Crippen molar-refractivity contribution in [3.8, 4) is 0 Å². The van der Waals surface area contributed by atoms with Crippen molar-refractivity contribution < 1.29 is 18.7 Å². The minimum absolute atomic E-state index is 0.109. The lowest BCUT2D eigenvalue weighted by Gasteiger charge is -2.11. The number of aromatic nitrogens is 1. The van der Waals surface area contributed by atoms with Crippen molar-refractivity contribution in [1.29, 1.82) is 0 Å². The summed E-state index contributed by atoms with van der Waals surface area (Å²) in [7, 11) is 0. The van der Waals surface area contributed by atoms with E-state index in [-0.39, 0.29) is 17.1 Å². The molecule has 2 rings (SSSR count). The Morgan fingerprint density at radius 3 is 2.74 bits per heavy atom. The number of rotatable bonds is 3. The van der Waals surface area contributed by atoms with Gasteiger partial charge in [0, 0.05) is 0 Å². The molecule has 0 aliphatic heterocycles. The van der Waals surface area contributed by atoms with Gasteiger partial charge >= 0.3 is 5.97 Å². The number of para-hydroxylation sites is 1. The highest BCUT2D eigenvalue weighted by Crippen LogP contribution is 2.24. The number of anilines is 2. The largest absolute Gasteiger partial charge is 0.478 e. The van der Waals surface area contributed by atoms with Crippen molar-refractivity contribution >= 4 is 17.5 Å². The van der Waals surface area contributed by atoms with Gasteiger partial charge in [-0.15, -0.1) is 0 Å². The van der Waals surface area contributed by atoms with E-state index in [9.17, 15) is 13.6 Å². The predicted octanol–water partition coefficient (Wildman–Crippen LogP) is 3.11. The molecule has 0 amide bonds. The van der Waals surface area contributed by atoms with Crippen molar-refractivity contribution in [3.05, 3.63) is 53.2 Å². The SMILES string of the molecule is Cc1cccc(F)c1Nc1ncc(F)cc1C(=O)O. The van der Waals surface area contributed by atoms with Crippen LogP contribution in [0.4, 0.5) is 20.3 Å². The third kappa shape index (κ3) is 2.67. The van der Waals surface area contributed by atoms with Crippen LogP contribution in [0.15, 0.2) is 30.5 Å². The normalized spacial score (nSPS) is 10.3. The van der Waals surface area contributed by atoms with E-state index in [4.69, 9.17) is 5.11 Å². The first-order valence-electron chi connectivity index (χ1n) is 5.40. The molecule has 98 valence electrons. The molecule has 0 fully saturated rings. The third-order valence-corrected chi connectivity index (χ3v) is 2.55. The second-order valence-corrected chi connectivity index (χ2v) is 3.91. The van der Waals surface area contributed by atoms with Gasteiger partial charge in [-0.05, 0) is 24.6 Å². The molecule has 2 aromatic rings. The van der Waals surface area contributed by atoms with E-state index in [0.29, 0.717) is 5.56 Å². The van der Waals surface area contributed by atoms with Gasteiger partial charge in [0.25, 0.3) is 0 Å². The Morgan fingerprint density at radius 1 is 1.37 bits per heavy atom. The molecule has 4 nitrogen and oxygen atoms in total. The molecule has 0 spiro atoms. The lowest BCUT2D eigenvalue weighted by Crippen LogP contribution is -2.07. The van der Waals surface area contributed by atoms with Gasteiger partial charge in [0.05, 0.1) is 11.9 Å². The second kappa shape index (κ2) is 5.01. The van der Waals surface area contributed by atoms with E-state index >= 15 is 0 Å². The van der Waals surface area contributed by atoms with E-state index in [0.717, 1.165) is 12.3 Å².